The van der Waals surface area contributed by atoms with Crippen LogP contribution in [0.5, 0.6) is 0 Å². The van der Waals surface area contributed by atoms with E-state index in [0.29, 0.717) is 12.2 Å². The first kappa shape index (κ1) is 14.4. The number of nitrogens with one attached hydrogen (secondary N) is 1. The molecule has 22 heavy (non-hydrogen) atoms. The molecular weight excluding hydrogens is 291 g/mol. The van der Waals surface area contributed by atoms with E-state index in [0.717, 1.165) is 29.0 Å². The molecule has 2 aromatic heterocycles. The van der Waals surface area contributed by atoms with E-state index in [1.165, 1.54) is 6.07 Å². The van der Waals surface area contributed by atoms with Crippen LogP contribution in [0.4, 0.5) is 18.9 Å². The fourth-order valence-corrected chi connectivity index (χ4v) is 2.24. The molecule has 3 nitrogen and oxygen atoms in total. The van der Waals surface area contributed by atoms with Gasteiger partial charge in [-0.15, -0.1) is 0 Å². The van der Waals surface area contributed by atoms with Gasteiger partial charge in [0.25, 0.3) is 0 Å². The summed E-state index contributed by atoms with van der Waals surface area (Å²) in [5, 5.41) is 2.97. The largest absolute Gasteiger partial charge is 0.416 e. The average Bonchev–Trinajstić information content (AvgIpc) is 2.86. The Morgan fingerprint density at radius 3 is 2.73 bits per heavy atom. The summed E-state index contributed by atoms with van der Waals surface area (Å²) < 4.78 is 39.9. The fourth-order valence-electron chi connectivity index (χ4n) is 2.24. The minimum absolute atomic E-state index is 0.363. The lowest BCUT2D eigenvalue weighted by molar-refractivity contribution is -0.137. The molecule has 0 unspecified atom stereocenters. The van der Waals surface area contributed by atoms with Crippen molar-refractivity contribution in [3.05, 3.63) is 65.6 Å². The highest BCUT2D eigenvalue weighted by Gasteiger charge is 2.30. The third-order valence-corrected chi connectivity index (χ3v) is 3.31. The molecule has 0 aliphatic rings. The Bertz CT molecular complexity index is 806. The Kier molecular flexibility index (Phi) is 3.52. The second kappa shape index (κ2) is 5.36. The molecule has 0 aliphatic heterocycles. The number of halogens is 3. The van der Waals surface area contributed by atoms with Crippen molar-refractivity contribution in [2.75, 3.05) is 5.32 Å². The van der Waals surface area contributed by atoms with E-state index < -0.39 is 11.7 Å². The standard InChI is InChI=1S/C16H14F3N3/c1-11-5-6-15-21-14(10-22(15)9-11)8-20-13-4-2-3-12(7-13)16(17,18)19/h2-7,9-10,20H,8H2,1H3. The maximum absolute atomic E-state index is 12.7. The Morgan fingerprint density at radius 1 is 1.14 bits per heavy atom. The first-order chi connectivity index (χ1) is 10.4. The highest BCUT2D eigenvalue weighted by atomic mass is 19.4. The van der Waals surface area contributed by atoms with Gasteiger partial charge in [0.05, 0.1) is 17.8 Å². The molecule has 1 N–H and O–H groups in total. The minimum atomic E-state index is -4.34. The summed E-state index contributed by atoms with van der Waals surface area (Å²) in [6, 6.07) is 9.02. The lowest BCUT2D eigenvalue weighted by atomic mass is 10.2. The van der Waals surface area contributed by atoms with Gasteiger partial charge in [0.2, 0.25) is 0 Å². The Balaban J connectivity index is 1.76. The molecule has 0 aliphatic carbocycles. The molecule has 0 saturated carbocycles. The van der Waals surface area contributed by atoms with E-state index in [9.17, 15) is 13.2 Å². The Labute approximate surface area is 125 Å². The van der Waals surface area contributed by atoms with E-state index >= 15 is 0 Å². The molecule has 1 aromatic carbocycles. The van der Waals surface area contributed by atoms with Crippen LogP contribution in [-0.4, -0.2) is 9.38 Å². The molecule has 0 amide bonds. The number of fused-ring (bicyclic) bond motifs is 1. The van der Waals surface area contributed by atoms with Crippen molar-refractivity contribution in [2.24, 2.45) is 0 Å². The summed E-state index contributed by atoms with van der Waals surface area (Å²) in [5.74, 6) is 0. The zero-order valence-corrected chi connectivity index (χ0v) is 11.9. The van der Waals surface area contributed by atoms with E-state index in [2.05, 4.69) is 10.3 Å². The van der Waals surface area contributed by atoms with Crippen LogP contribution in [0.1, 0.15) is 16.8 Å². The van der Waals surface area contributed by atoms with Crippen molar-refractivity contribution in [2.45, 2.75) is 19.6 Å². The number of rotatable bonds is 3. The topological polar surface area (TPSA) is 29.3 Å². The number of nitrogens with zero attached hydrogens (tertiary/aromatic N) is 2. The lowest BCUT2D eigenvalue weighted by Gasteiger charge is -2.09. The number of hydrogen-bond acceptors (Lipinski definition) is 2. The van der Waals surface area contributed by atoms with Gasteiger partial charge in [-0.2, -0.15) is 13.2 Å². The molecule has 6 heteroatoms. The minimum Gasteiger partial charge on any atom is -0.379 e. The third kappa shape index (κ3) is 3.05. The number of alkyl halides is 3. The highest BCUT2D eigenvalue weighted by molar-refractivity contribution is 5.47. The molecule has 2 heterocycles. The monoisotopic (exact) mass is 305 g/mol. The van der Waals surface area contributed by atoms with Crippen LogP contribution in [0.3, 0.4) is 0 Å². The second-order valence-electron chi connectivity index (χ2n) is 5.14. The van der Waals surface area contributed by atoms with Crippen LogP contribution < -0.4 is 5.32 Å². The lowest BCUT2D eigenvalue weighted by Crippen LogP contribution is -2.06. The summed E-state index contributed by atoms with van der Waals surface area (Å²) in [6.07, 6.45) is -0.517. The van der Waals surface area contributed by atoms with Gasteiger partial charge in [-0.25, -0.2) is 4.98 Å². The SMILES string of the molecule is Cc1ccc2nc(CNc3cccc(C(F)(F)F)c3)cn2c1. The van der Waals surface area contributed by atoms with Gasteiger partial charge in [0.15, 0.2) is 0 Å². The molecular formula is C16H14F3N3. The first-order valence-electron chi connectivity index (χ1n) is 6.77. The zero-order valence-electron chi connectivity index (χ0n) is 11.9. The van der Waals surface area contributed by atoms with Crippen LogP contribution in [0, 0.1) is 6.92 Å². The number of hydrogen-bond donors (Lipinski definition) is 1. The molecule has 3 aromatic rings. The van der Waals surface area contributed by atoms with Gasteiger partial charge < -0.3 is 9.72 Å². The second-order valence-corrected chi connectivity index (χ2v) is 5.14. The van der Waals surface area contributed by atoms with Crippen molar-refractivity contribution in [3.63, 3.8) is 0 Å². The molecule has 0 atom stereocenters. The predicted octanol–water partition coefficient (Wildman–Crippen LogP) is 4.27. The van der Waals surface area contributed by atoms with E-state index in [1.807, 2.05) is 35.9 Å². The number of benzene rings is 1. The van der Waals surface area contributed by atoms with Crippen molar-refractivity contribution in [1.82, 2.24) is 9.38 Å². The van der Waals surface area contributed by atoms with Crippen molar-refractivity contribution >= 4 is 11.3 Å². The van der Waals surface area contributed by atoms with Gasteiger partial charge in [-0.1, -0.05) is 12.1 Å². The van der Waals surface area contributed by atoms with Crippen molar-refractivity contribution in [3.8, 4) is 0 Å². The van der Waals surface area contributed by atoms with Crippen molar-refractivity contribution < 1.29 is 13.2 Å². The van der Waals surface area contributed by atoms with E-state index in [-0.39, 0.29) is 0 Å². The van der Waals surface area contributed by atoms with Crippen LogP contribution >= 0.6 is 0 Å². The fraction of sp³-hybridized carbons (Fsp3) is 0.188. The summed E-state index contributed by atoms with van der Waals surface area (Å²) in [5.41, 5.74) is 2.45. The number of aromatic nitrogens is 2. The maximum atomic E-state index is 12.7. The van der Waals surface area contributed by atoms with Gasteiger partial charge in [0, 0.05) is 18.1 Å². The van der Waals surface area contributed by atoms with Gasteiger partial charge in [0.1, 0.15) is 5.65 Å². The number of aryl methyl sites for hydroxylation is 1. The smallest absolute Gasteiger partial charge is 0.379 e. The quantitative estimate of drug-likeness (QED) is 0.783. The molecule has 114 valence electrons. The zero-order chi connectivity index (χ0) is 15.7. The number of pyridine rings is 1. The molecule has 0 saturated heterocycles. The van der Waals surface area contributed by atoms with Gasteiger partial charge in [-0.3, -0.25) is 0 Å². The normalized spacial score (nSPS) is 11.8. The molecule has 0 spiro atoms. The molecule has 0 radical (unpaired) electrons. The first-order valence-corrected chi connectivity index (χ1v) is 6.77. The summed E-state index contributed by atoms with van der Waals surface area (Å²) in [6.45, 7) is 2.35. The molecule has 3 rings (SSSR count). The third-order valence-electron chi connectivity index (χ3n) is 3.31. The summed E-state index contributed by atoms with van der Waals surface area (Å²) in [4.78, 5) is 4.42. The number of imidazole rings is 1. The Morgan fingerprint density at radius 2 is 1.95 bits per heavy atom. The Hall–Kier alpha value is -2.50. The maximum Gasteiger partial charge on any atom is 0.416 e. The number of anilines is 1. The highest BCUT2D eigenvalue weighted by Crippen LogP contribution is 2.30. The molecule has 0 fully saturated rings. The van der Waals surface area contributed by atoms with Crippen molar-refractivity contribution in [1.29, 1.82) is 0 Å². The van der Waals surface area contributed by atoms with Crippen LogP contribution in [-0.2, 0) is 12.7 Å². The van der Waals surface area contributed by atoms with Crippen LogP contribution in [0.25, 0.3) is 5.65 Å². The average molecular weight is 305 g/mol. The van der Waals surface area contributed by atoms with Crippen LogP contribution in [0.15, 0.2) is 48.8 Å². The summed E-state index contributed by atoms with van der Waals surface area (Å²) >= 11 is 0. The van der Waals surface area contributed by atoms with E-state index in [1.54, 1.807) is 6.07 Å². The van der Waals surface area contributed by atoms with Crippen LogP contribution in [0.2, 0.25) is 0 Å². The van der Waals surface area contributed by atoms with Gasteiger partial charge >= 0.3 is 6.18 Å². The van der Waals surface area contributed by atoms with Gasteiger partial charge in [-0.05, 0) is 36.8 Å². The predicted molar refractivity (Wildman–Crippen MR) is 78.7 cm³/mol. The van der Waals surface area contributed by atoms with E-state index in [4.69, 9.17) is 0 Å². The molecule has 0 bridgehead atoms. The summed E-state index contributed by atoms with van der Waals surface area (Å²) in [7, 11) is 0.